The zero-order chi connectivity index (χ0) is 12.1. The van der Waals surface area contributed by atoms with Crippen LogP contribution in [-0.4, -0.2) is 24.8 Å². The number of hydrogen-bond donors (Lipinski definition) is 1. The lowest BCUT2D eigenvalue weighted by molar-refractivity contribution is -0.0775. The Morgan fingerprint density at radius 1 is 1.50 bits per heavy atom. The van der Waals surface area contributed by atoms with Gasteiger partial charge in [0.2, 0.25) is 0 Å². The van der Waals surface area contributed by atoms with Crippen molar-refractivity contribution in [1.82, 2.24) is 0 Å². The number of esters is 1. The average Bonchev–Trinajstić information content (AvgIpc) is 2.28. The summed E-state index contributed by atoms with van der Waals surface area (Å²) >= 11 is 0. The van der Waals surface area contributed by atoms with Crippen molar-refractivity contribution < 1.29 is 19.4 Å². The van der Waals surface area contributed by atoms with E-state index in [1.165, 1.54) is 7.11 Å². The van der Waals surface area contributed by atoms with Gasteiger partial charge in [0.05, 0.1) is 12.2 Å². The van der Waals surface area contributed by atoms with Crippen molar-refractivity contribution in [2.75, 3.05) is 13.7 Å². The molecule has 16 heavy (non-hydrogen) atoms. The monoisotopic (exact) mass is 224 g/mol. The third-order valence-electron chi connectivity index (χ3n) is 2.19. The van der Waals surface area contributed by atoms with Gasteiger partial charge in [0.25, 0.3) is 0 Å². The first-order valence-corrected chi connectivity index (χ1v) is 5.08. The van der Waals surface area contributed by atoms with Gasteiger partial charge in [0.1, 0.15) is 0 Å². The van der Waals surface area contributed by atoms with Crippen LogP contribution in [0.4, 0.5) is 0 Å². The summed E-state index contributed by atoms with van der Waals surface area (Å²) in [5.41, 5.74) is 1.69. The highest BCUT2D eigenvalue weighted by molar-refractivity contribution is 5.91. The highest BCUT2D eigenvalue weighted by atomic mass is 16.6. The molecule has 0 radical (unpaired) electrons. The second-order valence-electron chi connectivity index (χ2n) is 3.40. The summed E-state index contributed by atoms with van der Waals surface area (Å²) in [5.74, 6) is -0.447. The number of methoxy groups -OCH3 is 1. The summed E-state index contributed by atoms with van der Waals surface area (Å²) in [6.45, 7) is 3.90. The molecule has 1 aromatic rings. The molecule has 0 amide bonds. The summed E-state index contributed by atoms with van der Waals surface area (Å²) in [6.07, 6.45) is -1.11. The van der Waals surface area contributed by atoms with Crippen LogP contribution in [0.15, 0.2) is 18.2 Å². The van der Waals surface area contributed by atoms with Gasteiger partial charge in [-0.05, 0) is 19.9 Å². The number of carbonyl (C=O) groups is 1. The second kappa shape index (κ2) is 5.63. The summed E-state index contributed by atoms with van der Waals surface area (Å²) in [5, 5.41) is 9.59. The summed E-state index contributed by atoms with van der Waals surface area (Å²) in [4.78, 5) is 11.6. The second-order valence-corrected chi connectivity index (χ2v) is 3.40. The molecule has 1 aromatic carbocycles. The van der Waals surface area contributed by atoms with Crippen LogP contribution in [0.2, 0.25) is 0 Å². The molecule has 0 fully saturated rings. The molecular weight excluding hydrogens is 208 g/mol. The fourth-order valence-corrected chi connectivity index (χ4v) is 1.40. The lowest BCUT2D eigenvalue weighted by Crippen LogP contribution is -2.12. The van der Waals surface area contributed by atoms with E-state index in [0.717, 1.165) is 5.56 Å². The Morgan fingerprint density at radius 3 is 2.75 bits per heavy atom. The smallest absolute Gasteiger partial charge is 0.338 e. The Balaban J connectivity index is 3.12. The third-order valence-corrected chi connectivity index (χ3v) is 2.19. The fraction of sp³-hybridized carbons (Fsp3) is 0.417. The van der Waals surface area contributed by atoms with Gasteiger partial charge < -0.3 is 14.6 Å². The first-order chi connectivity index (χ1) is 7.60. The third kappa shape index (κ3) is 2.81. The van der Waals surface area contributed by atoms with Crippen molar-refractivity contribution in [3.63, 3.8) is 0 Å². The number of ether oxygens (including phenoxy) is 2. The van der Waals surface area contributed by atoms with Crippen LogP contribution in [0.3, 0.4) is 0 Å². The number of benzene rings is 1. The molecule has 0 bridgehead atoms. The SMILES string of the molecule is CCOC(=O)c1cc(C)ccc1C(O)OC. The summed E-state index contributed by atoms with van der Waals surface area (Å²) < 4.78 is 9.71. The Morgan fingerprint density at radius 2 is 2.19 bits per heavy atom. The average molecular weight is 224 g/mol. The van der Waals surface area contributed by atoms with Crippen LogP contribution in [0, 0.1) is 6.92 Å². The molecule has 0 aromatic heterocycles. The zero-order valence-electron chi connectivity index (χ0n) is 9.69. The molecule has 0 heterocycles. The number of aryl methyl sites for hydroxylation is 1. The number of hydrogen-bond acceptors (Lipinski definition) is 4. The minimum Gasteiger partial charge on any atom is -0.462 e. The van der Waals surface area contributed by atoms with Gasteiger partial charge in [-0.3, -0.25) is 0 Å². The van der Waals surface area contributed by atoms with E-state index < -0.39 is 12.3 Å². The van der Waals surface area contributed by atoms with Gasteiger partial charge in [-0.1, -0.05) is 17.7 Å². The van der Waals surface area contributed by atoms with Crippen molar-refractivity contribution in [1.29, 1.82) is 0 Å². The van der Waals surface area contributed by atoms with Crippen LogP contribution in [0.1, 0.15) is 34.7 Å². The maximum absolute atomic E-state index is 11.6. The van der Waals surface area contributed by atoms with Crippen LogP contribution in [-0.2, 0) is 9.47 Å². The van der Waals surface area contributed by atoms with Gasteiger partial charge in [-0.15, -0.1) is 0 Å². The van der Waals surface area contributed by atoms with Crippen molar-refractivity contribution in [3.8, 4) is 0 Å². The number of rotatable bonds is 4. The minimum atomic E-state index is -1.11. The largest absolute Gasteiger partial charge is 0.462 e. The van der Waals surface area contributed by atoms with E-state index in [-0.39, 0.29) is 0 Å². The quantitative estimate of drug-likeness (QED) is 0.626. The van der Waals surface area contributed by atoms with E-state index in [0.29, 0.717) is 17.7 Å². The van der Waals surface area contributed by atoms with Crippen LogP contribution in [0.25, 0.3) is 0 Å². The summed E-state index contributed by atoms with van der Waals surface area (Å²) in [7, 11) is 1.37. The van der Waals surface area contributed by atoms with Crippen molar-refractivity contribution >= 4 is 5.97 Å². The standard InChI is InChI=1S/C12H16O4/c1-4-16-12(14)10-7-8(2)5-6-9(10)11(13)15-3/h5-7,11,13H,4H2,1-3H3. The van der Waals surface area contributed by atoms with E-state index >= 15 is 0 Å². The highest BCUT2D eigenvalue weighted by Crippen LogP contribution is 2.20. The van der Waals surface area contributed by atoms with Gasteiger partial charge >= 0.3 is 5.97 Å². The molecule has 1 N–H and O–H groups in total. The van der Waals surface area contributed by atoms with Gasteiger partial charge in [0, 0.05) is 12.7 Å². The lowest BCUT2D eigenvalue weighted by Gasteiger charge is -2.13. The maximum Gasteiger partial charge on any atom is 0.338 e. The minimum absolute atomic E-state index is 0.301. The number of carbonyl (C=O) groups excluding carboxylic acids is 1. The predicted octanol–water partition coefficient (Wildman–Crippen LogP) is 1.81. The fourth-order valence-electron chi connectivity index (χ4n) is 1.40. The van der Waals surface area contributed by atoms with Crippen molar-refractivity contribution in [2.24, 2.45) is 0 Å². The molecule has 88 valence electrons. The zero-order valence-corrected chi connectivity index (χ0v) is 9.69. The molecule has 1 rings (SSSR count). The topological polar surface area (TPSA) is 55.8 Å². The first kappa shape index (κ1) is 12.7. The van der Waals surface area contributed by atoms with E-state index in [1.807, 2.05) is 6.92 Å². The normalized spacial score (nSPS) is 12.2. The Kier molecular flexibility index (Phi) is 4.46. The summed E-state index contributed by atoms with van der Waals surface area (Å²) in [6, 6.07) is 5.14. The van der Waals surface area contributed by atoms with E-state index in [4.69, 9.17) is 9.47 Å². The van der Waals surface area contributed by atoms with E-state index in [9.17, 15) is 9.90 Å². The lowest BCUT2D eigenvalue weighted by atomic mass is 10.0. The predicted molar refractivity (Wildman–Crippen MR) is 59.1 cm³/mol. The van der Waals surface area contributed by atoms with E-state index in [1.54, 1.807) is 25.1 Å². The van der Waals surface area contributed by atoms with Gasteiger partial charge in [0.15, 0.2) is 6.29 Å². The molecule has 0 aliphatic carbocycles. The Hall–Kier alpha value is -1.39. The molecule has 0 aliphatic heterocycles. The molecule has 0 saturated heterocycles. The molecule has 0 spiro atoms. The van der Waals surface area contributed by atoms with Crippen LogP contribution in [0.5, 0.6) is 0 Å². The molecule has 4 heteroatoms. The molecular formula is C12H16O4. The number of aliphatic hydroxyl groups excluding tert-OH is 1. The molecule has 1 atom stereocenters. The highest BCUT2D eigenvalue weighted by Gasteiger charge is 2.18. The Labute approximate surface area is 94.8 Å². The molecule has 1 unspecified atom stereocenters. The molecule has 0 aliphatic rings. The molecule has 0 saturated carbocycles. The van der Waals surface area contributed by atoms with E-state index in [2.05, 4.69) is 0 Å². The van der Waals surface area contributed by atoms with Crippen molar-refractivity contribution in [3.05, 3.63) is 34.9 Å². The maximum atomic E-state index is 11.6. The molecule has 4 nitrogen and oxygen atoms in total. The first-order valence-electron chi connectivity index (χ1n) is 5.08. The van der Waals surface area contributed by atoms with Crippen LogP contribution >= 0.6 is 0 Å². The van der Waals surface area contributed by atoms with Gasteiger partial charge in [-0.25, -0.2) is 4.79 Å². The Bertz CT molecular complexity index is 373. The van der Waals surface area contributed by atoms with Crippen molar-refractivity contribution in [2.45, 2.75) is 20.1 Å². The van der Waals surface area contributed by atoms with Gasteiger partial charge in [-0.2, -0.15) is 0 Å². The number of aliphatic hydroxyl groups is 1. The van der Waals surface area contributed by atoms with Crippen LogP contribution < -0.4 is 0 Å².